The summed E-state index contributed by atoms with van der Waals surface area (Å²) in [5.74, 6) is -0.368. The maximum Gasteiger partial charge on any atom is 0.150 e. The van der Waals surface area contributed by atoms with Crippen LogP contribution in [0.25, 0.3) is 11.1 Å². The maximum atomic E-state index is 14.3. The van der Waals surface area contributed by atoms with Crippen LogP contribution in [0.4, 0.5) is 4.39 Å². The van der Waals surface area contributed by atoms with Crippen molar-refractivity contribution in [3.8, 4) is 11.1 Å². The number of hydrogen-bond donors (Lipinski definition) is 1. The molecule has 4 heteroatoms. The molecule has 0 saturated carbocycles. The van der Waals surface area contributed by atoms with Crippen LogP contribution in [0.3, 0.4) is 0 Å². The van der Waals surface area contributed by atoms with Crippen molar-refractivity contribution in [3.63, 3.8) is 0 Å². The van der Waals surface area contributed by atoms with Gasteiger partial charge in [-0.1, -0.05) is 42.8 Å². The van der Waals surface area contributed by atoms with Gasteiger partial charge in [0.25, 0.3) is 0 Å². The molecule has 1 aliphatic carbocycles. The zero-order valence-electron chi connectivity index (χ0n) is 11.7. The summed E-state index contributed by atoms with van der Waals surface area (Å²) in [5, 5.41) is 3.62. The van der Waals surface area contributed by atoms with Gasteiger partial charge in [0.1, 0.15) is 0 Å². The van der Waals surface area contributed by atoms with Gasteiger partial charge in [-0.25, -0.2) is 4.39 Å². The Kier molecular flexibility index (Phi) is 4.34. The van der Waals surface area contributed by atoms with Gasteiger partial charge in [-0.05, 0) is 58.1 Å². The number of hydrogen-bond acceptors (Lipinski definition) is 1. The summed E-state index contributed by atoms with van der Waals surface area (Å²) in [6.07, 6.45) is 2.14. The third-order valence-corrected chi connectivity index (χ3v) is 5.28. The van der Waals surface area contributed by atoms with E-state index >= 15 is 0 Å². The van der Waals surface area contributed by atoms with E-state index in [1.165, 1.54) is 11.1 Å². The van der Waals surface area contributed by atoms with Crippen LogP contribution in [0.1, 0.15) is 30.5 Å². The minimum atomic E-state index is -0.368. The Bertz CT molecular complexity index is 687. The summed E-state index contributed by atoms with van der Waals surface area (Å²) in [6, 6.07) is 10.2. The first-order chi connectivity index (χ1) is 10.1. The third-order valence-electron chi connectivity index (χ3n) is 4.02. The Morgan fingerprint density at radius 3 is 2.90 bits per heavy atom. The van der Waals surface area contributed by atoms with Crippen molar-refractivity contribution in [1.29, 1.82) is 0 Å². The van der Waals surface area contributed by atoms with Crippen molar-refractivity contribution in [2.24, 2.45) is 0 Å². The normalized spacial score (nSPS) is 17.0. The molecular weight excluding hydrogens is 353 g/mol. The smallest absolute Gasteiger partial charge is 0.150 e. The summed E-state index contributed by atoms with van der Waals surface area (Å²) < 4.78 is 14.9. The van der Waals surface area contributed by atoms with E-state index in [0.29, 0.717) is 16.1 Å². The van der Waals surface area contributed by atoms with Crippen molar-refractivity contribution in [3.05, 3.63) is 56.8 Å². The van der Waals surface area contributed by atoms with Crippen LogP contribution >= 0.6 is 27.5 Å². The van der Waals surface area contributed by atoms with Crippen molar-refractivity contribution in [1.82, 2.24) is 5.32 Å². The highest BCUT2D eigenvalue weighted by Crippen LogP contribution is 2.37. The number of benzene rings is 2. The molecule has 2 aromatic carbocycles. The molecule has 2 aromatic rings. The van der Waals surface area contributed by atoms with E-state index in [0.717, 1.165) is 24.9 Å². The second kappa shape index (κ2) is 6.07. The molecule has 1 N–H and O–H groups in total. The summed E-state index contributed by atoms with van der Waals surface area (Å²) >= 11 is 9.23. The molecule has 1 unspecified atom stereocenters. The number of aryl methyl sites for hydroxylation is 1. The molecule has 1 nitrogen and oxygen atoms in total. The van der Waals surface area contributed by atoms with E-state index < -0.39 is 0 Å². The number of rotatable bonds is 3. The van der Waals surface area contributed by atoms with Crippen molar-refractivity contribution in [2.45, 2.75) is 25.8 Å². The largest absolute Gasteiger partial charge is 0.310 e. The fourth-order valence-electron chi connectivity index (χ4n) is 2.99. The molecular formula is C17H16BrClFN. The maximum absolute atomic E-state index is 14.3. The predicted molar refractivity (Wildman–Crippen MR) is 89.3 cm³/mol. The highest BCUT2D eigenvalue weighted by atomic mass is 79.9. The Morgan fingerprint density at radius 1 is 1.33 bits per heavy atom. The zero-order valence-corrected chi connectivity index (χ0v) is 14.1. The lowest BCUT2D eigenvalue weighted by Gasteiger charge is -2.13. The van der Waals surface area contributed by atoms with Gasteiger partial charge in [0.2, 0.25) is 0 Å². The van der Waals surface area contributed by atoms with Crippen LogP contribution in [-0.2, 0) is 6.42 Å². The molecule has 0 fully saturated rings. The van der Waals surface area contributed by atoms with Crippen LogP contribution < -0.4 is 5.32 Å². The van der Waals surface area contributed by atoms with Crippen molar-refractivity contribution in [2.75, 3.05) is 6.54 Å². The fraction of sp³-hybridized carbons (Fsp3) is 0.294. The highest BCUT2D eigenvalue weighted by Gasteiger charge is 2.22. The van der Waals surface area contributed by atoms with Crippen LogP contribution in [0.2, 0.25) is 5.02 Å². The first kappa shape index (κ1) is 15.0. The lowest BCUT2D eigenvalue weighted by atomic mass is 9.99. The summed E-state index contributed by atoms with van der Waals surface area (Å²) in [6.45, 7) is 3.08. The molecule has 0 aliphatic heterocycles. The molecule has 0 radical (unpaired) electrons. The Labute approximate surface area is 137 Å². The lowest BCUT2D eigenvalue weighted by molar-refractivity contribution is 0.549. The lowest BCUT2D eigenvalue weighted by Crippen LogP contribution is -2.18. The first-order valence-electron chi connectivity index (χ1n) is 7.12. The fourth-order valence-corrected chi connectivity index (χ4v) is 3.46. The van der Waals surface area contributed by atoms with Gasteiger partial charge in [-0.2, -0.15) is 0 Å². The highest BCUT2D eigenvalue weighted by molar-refractivity contribution is 9.10. The van der Waals surface area contributed by atoms with E-state index in [9.17, 15) is 4.39 Å². The summed E-state index contributed by atoms with van der Waals surface area (Å²) in [7, 11) is 0. The average Bonchev–Trinajstić information content (AvgIpc) is 2.88. The van der Waals surface area contributed by atoms with E-state index in [2.05, 4.69) is 40.3 Å². The van der Waals surface area contributed by atoms with E-state index in [1.54, 1.807) is 12.1 Å². The molecule has 0 bridgehead atoms. The van der Waals surface area contributed by atoms with Gasteiger partial charge in [-0.15, -0.1) is 0 Å². The minimum Gasteiger partial charge on any atom is -0.310 e. The topological polar surface area (TPSA) is 12.0 Å². The van der Waals surface area contributed by atoms with Gasteiger partial charge in [0.05, 0.1) is 5.02 Å². The summed E-state index contributed by atoms with van der Waals surface area (Å²) in [4.78, 5) is 0. The molecule has 0 heterocycles. The SMILES string of the molecule is CCNC1CCc2cc(-c3ccc(Br)c(Cl)c3F)ccc21. The quantitative estimate of drug-likeness (QED) is 0.705. The third kappa shape index (κ3) is 2.75. The molecule has 3 rings (SSSR count). The van der Waals surface area contributed by atoms with Gasteiger partial charge in [-0.3, -0.25) is 0 Å². The van der Waals surface area contributed by atoms with Gasteiger partial charge >= 0.3 is 0 Å². The second-order valence-electron chi connectivity index (χ2n) is 5.29. The van der Waals surface area contributed by atoms with Gasteiger partial charge in [0, 0.05) is 16.1 Å². The van der Waals surface area contributed by atoms with E-state index in [-0.39, 0.29) is 10.8 Å². The molecule has 1 aliphatic rings. The number of nitrogens with one attached hydrogen (secondary N) is 1. The van der Waals surface area contributed by atoms with Gasteiger partial charge in [0.15, 0.2) is 5.82 Å². The molecule has 110 valence electrons. The van der Waals surface area contributed by atoms with Crippen molar-refractivity contribution >= 4 is 27.5 Å². The average molecular weight is 369 g/mol. The van der Waals surface area contributed by atoms with Crippen molar-refractivity contribution < 1.29 is 4.39 Å². The Hall–Kier alpha value is -0.900. The predicted octanol–water partition coefficient (Wildman–Crippen LogP) is 5.51. The molecule has 0 spiro atoms. The standard InChI is InChI=1S/C17H16BrClFN/c1-2-21-15-8-4-10-9-11(3-5-12(10)15)13-6-7-14(18)16(19)17(13)20/h3,5-7,9,15,21H,2,4,8H2,1H3. The van der Waals surface area contributed by atoms with E-state index in [1.807, 2.05) is 6.07 Å². The molecule has 0 aromatic heterocycles. The molecule has 21 heavy (non-hydrogen) atoms. The minimum absolute atomic E-state index is 0.138. The first-order valence-corrected chi connectivity index (χ1v) is 8.29. The molecule has 0 amide bonds. The second-order valence-corrected chi connectivity index (χ2v) is 6.52. The Morgan fingerprint density at radius 2 is 2.14 bits per heavy atom. The monoisotopic (exact) mass is 367 g/mol. The summed E-state index contributed by atoms with van der Waals surface area (Å²) in [5.41, 5.74) is 4.08. The van der Waals surface area contributed by atoms with Crippen LogP contribution in [-0.4, -0.2) is 6.54 Å². The van der Waals surface area contributed by atoms with E-state index in [4.69, 9.17) is 11.6 Å². The molecule has 1 atom stereocenters. The number of fused-ring (bicyclic) bond motifs is 1. The van der Waals surface area contributed by atoms with Crippen LogP contribution in [0, 0.1) is 5.82 Å². The van der Waals surface area contributed by atoms with Crippen LogP contribution in [0.15, 0.2) is 34.8 Å². The van der Waals surface area contributed by atoms with Gasteiger partial charge < -0.3 is 5.32 Å². The molecule has 0 saturated heterocycles. The number of halogens is 3. The van der Waals surface area contributed by atoms with Crippen LogP contribution in [0.5, 0.6) is 0 Å². The zero-order chi connectivity index (χ0) is 15.0. The Balaban J connectivity index is 2.01.